The van der Waals surface area contributed by atoms with E-state index in [0.717, 1.165) is 19.3 Å². The minimum Gasteiger partial charge on any atom is -0.431 e. The van der Waals surface area contributed by atoms with Crippen LogP contribution in [0.4, 0.5) is 4.79 Å². The van der Waals surface area contributed by atoms with Crippen LogP contribution in [0.15, 0.2) is 0 Å². The Bertz CT molecular complexity index is 112. The van der Waals surface area contributed by atoms with Gasteiger partial charge in [-0.25, -0.2) is 0 Å². The van der Waals surface area contributed by atoms with Crippen molar-refractivity contribution < 1.29 is 14.6 Å². The molecule has 0 aliphatic heterocycles. The molecule has 0 aromatic heterocycles. The van der Waals surface area contributed by atoms with Crippen LogP contribution in [0.5, 0.6) is 0 Å². The first-order valence-corrected chi connectivity index (χ1v) is 4.00. The van der Waals surface area contributed by atoms with E-state index in [0.29, 0.717) is 5.92 Å². The molecular formula is C8H15O3. The van der Waals surface area contributed by atoms with Gasteiger partial charge in [-0.05, 0) is 12.3 Å². The van der Waals surface area contributed by atoms with Crippen LogP contribution in [-0.4, -0.2) is 12.8 Å². The molecule has 0 saturated carbocycles. The fourth-order valence-electron chi connectivity index (χ4n) is 0.846. The molecule has 1 unspecified atom stereocenters. The van der Waals surface area contributed by atoms with Crippen LogP contribution in [0.2, 0.25) is 0 Å². The second kappa shape index (κ2) is 6.01. The number of ether oxygens (including phenoxy) is 1. The average molecular weight is 159 g/mol. The summed E-state index contributed by atoms with van der Waals surface area (Å²) >= 11 is 0. The van der Waals surface area contributed by atoms with Crippen molar-refractivity contribution in [1.82, 2.24) is 0 Å². The largest absolute Gasteiger partial charge is 0.550 e. The Labute approximate surface area is 67.4 Å². The van der Waals surface area contributed by atoms with Crippen molar-refractivity contribution in [2.75, 3.05) is 6.61 Å². The molecule has 1 atom stereocenters. The summed E-state index contributed by atoms with van der Waals surface area (Å²) in [7, 11) is 0. The highest BCUT2D eigenvalue weighted by molar-refractivity contribution is 5.56. The third kappa shape index (κ3) is 7.16. The van der Waals surface area contributed by atoms with Gasteiger partial charge in [0.15, 0.2) is 0 Å². The van der Waals surface area contributed by atoms with Crippen LogP contribution in [-0.2, 0) is 9.84 Å². The van der Waals surface area contributed by atoms with E-state index in [1.165, 1.54) is 0 Å². The molecule has 0 aliphatic carbocycles. The van der Waals surface area contributed by atoms with Gasteiger partial charge >= 0.3 is 6.16 Å². The van der Waals surface area contributed by atoms with Crippen molar-refractivity contribution in [3.63, 3.8) is 0 Å². The standard InChI is InChI=1S/C8H15O3/c1-3-4-5-7(2)6-11-8(9)10/h7H,3-6H2,1-2H3. The molecule has 0 spiro atoms. The summed E-state index contributed by atoms with van der Waals surface area (Å²) in [6.45, 7) is 4.34. The van der Waals surface area contributed by atoms with E-state index in [1.54, 1.807) is 0 Å². The molecule has 0 amide bonds. The normalized spacial score (nSPS) is 12.5. The lowest BCUT2D eigenvalue weighted by molar-refractivity contribution is 0.0559. The summed E-state index contributed by atoms with van der Waals surface area (Å²) in [5.74, 6) is 0.313. The van der Waals surface area contributed by atoms with Crippen molar-refractivity contribution in [3.8, 4) is 0 Å². The summed E-state index contributed by atoms with van der Waals surface area (Å²) < 4.78 is 4.31. The molecule has 1 radical (unpaired) electrons. The first-order chi connectivity index (χ1) is 5.16. The van der Waals surface area contributed by atoms with Crippen LogP contribution >= 0.6 is 0 Å². The van der Waals surface area contributed by atoms with E-state index in [1.807, 2.05) is 6.92 Å². The minimum absolute atomic E-state index is 0.266. The Kier molecular flexibility index (Phi) is 5.61. The molecule has 0 aromatic carbocycles. The van der Waals surface area contributed by atoms with Crippen LogP contribution < -0.4 is 0 Å². The van der Waals surface area contributed by atoms with E-state index >= 15 is 0 Å². The predicted molar refractivity (Wildman–Crippen MR) is 40.7 cm³/mol. The van der Waals surface area contributed by atoms with Crippen LogP contribution in [0.1, 0.15) is 33.1 Å². The summed E-state index contributed by atoms with van der Waals surface area (Å²) in [5.41, 5.74) is 0. The zero-order valence-corrected chi connectivity index (χ0v) is 7.13. The molecule has 0 N–H and O–H groups in total. The smallest absolute Gasteiger partial charge is 0.431 e. The molecule has 0 fully saturated rings. The number of carbonyl (C=O) groups excluding carboxylic acids is 1. The lowest BCUT2D eigenvalue weighted by Gasteiger charge is -2.07. The third-order valence-corrected chi connectivity index (χ3v) is 1.54. The van der Waals surface area contributed by atoms with E-state index in [-0.39, 0.29) is 6.61 Å². The highest BCUT2D eigenvalue weighted by atomic mass is 16.7. The number of hydrogen-bond acceptors (Lipinski definition) is 2. The Morgan fingerprint density at radius 3 is 2.64 bits per heavy atom. The van der Waals surface area contributed by atoms with Crippen LogP contribution in [0.3, 0.4) is 0 Å². The molecular weight excluding hydrogens is 144 g/mol. The maximum atomic E-state index is 9.84. The SMILES string of the molecule is CCCCC(C)COC([O])=O. The van der Waals surface area contributed by atoms with E-state index in [2.05, 4.69) is 11.7 Å². The van der Waals surface area contributed by atoms with Crippen molar-refractivity contribution in [2.45, 2.75) is 33.1 Å². The molecule has 0 aromatic rings. The predicted octanol–water partition coefficient (Wildman–Crippen LogP) is 2.38. The van der Waals surface area contributed by atoms with Crippen molar-refractivity contribution in [1.29, 1.82) is 0 Å². The second-order valence-corrected chi connectivity index (χ2v) is 2.81. The van der Waals surface area contributed by atoms with Gasteiger partial charge in [0.05, 0.1) is 6.61 Å². The Morgan fingerprint density at radius 1 is 1.55 bits per heavy atom. The van der Waals surface area contributed by atoms with Gasteiger partial charge in [-0.15, -0.1) is 0 Å². The number of hydrogen-bond donors (Lipinski definition) is 0. The lowest BCUT2D eigenvalue weighted by atomic mass is 10.1. The van der Waals surface area contributed by atoms with Gasteiger partial charge in [0.1, 0.15) is 0 Å². The zero-order chi connectivity index (χ0) is 8.69. The summed E-state index contributed by atoms with van der Waals surface area (Å²) in [6, 6.07) is 0. The average Bonchev–Trinajstić information content (AvgIpc) is 1.97. The maximum Gasteiger partial charge on any atom is 0.550 e. The minimum atomic E-state index is -1.42. The van der Waals surface area contributed by atoms with Gasteiger partial charge in [-0.3, -0.25) is 0 Å². The Balaban J connectivity index is 3.22. The van der Waals surface area contributed by atoms with Crippen LogP contribution in [0.25, 0.3) is 0 Å². The molecule has 0 rings (SSSR count). The van der Waals surface area contributed by atoms with Gasteiger partial charge in [0, 0.05) is 0 Å². The van der Waals surface area contributed by atoms with Crippen molar-refractivity contribution >= 4 is 6.16 Å². The van der Waals surface area contributed by atoms with Gasteiger partial charge in [-0.2, -0.15) is 9.90 Å². The monoisotopic (exact) mass is 159 g/mol. The van der Waals surface area contributed by atoms with E-state index in [9.17, 15) is 9.90 Å². The highest BCUT2D eigenvalue weighted by Crippen LogP contribution is 2.07. The summed E-state index contributed by atoms with van der Waals surface area (Å²) in [6.07, 6.45) is 1.85. The molecule has 0 saturated heterocycles. The first-order valence-electron chi connectivity index (χ1n) is 4.00. The van der Waals surface area contributed by atoms with E-state index < -0.39 is 6.16 Å². The van der Waals surface area contributed by atoms with Crippen molar-refractivity contribution in [2.24, 2.45) is 5.92 Å². The first kappa shape index (κ1) is 10.3. The number of carbonyl (C=O) groups is 1. The molecule has 0 aliphatic rings. The van der Waals surface area contributed by atoms with E-state index in [4.69, 9.17) is 0 Å². The fraction of sp³-hybridized carbons (Fsp3) is 0.875. The van der Waals surface area contributed by atoms with Crippen molar-refractivity contribution in [3.05, 3.63) is 0 Å². The quantitative estimate of drug-likeness (QED) is 0.578. The Hall–Kier alpha value is -0.730. The molecule has 11 heavy (non-hydrogen) atoms. The number of rotatable bonds is 5. The molecule has 0 bridgehead atoms. The molecule has 65 valence electrons. The maximum absolute atomic E-state index is 9.84. The fourth-order valence-corrected chi connectivity index (χ4v) is 0.846. The lowest BCUT2D eigenvalue weighted by Crippen LogP contribution is -2.08. The van der Waals surface area contributed by atoms with Gasteiger partial charge in [0.25, 0.3) is 0 Å². The van der Waals surface area contributed by atoms with Gasteiger partial charge in [0.2, 0.25) is 0 Å². The second-order valence-electron chi connectivity index (χ2n) is 2.81. The summed E-state index contributed by atoms with van der Waals surface area (Å²) in [4.78, 5) is 9.84. The van der Waals surface area contributed by atoms with Gasteiger partial charge < -0.3 is 4.74 Å². The van der Waals surface area contributed by atoms with Crippen LogP contribution in [0, 0.1) is 5.92 Å². The molecule has 3 heteroatoms. The number of unbranched alkanes of at least 4 members (excludes halogenated alkanes) is 1. The zero-order valence-electron chi connectivity index (χ0n) is 7.13. The third-order valence-electron chi connectivity index (χ3n) is 1.54. The topological polar surface area (TPSA) is 46.2 Å². The molecule has 0 heterocycles. The molecule has 3 nitrogen and oxygen atoms in total. The Morgan fingerprint density at radius 2 is 2.18 bits per heavy atom. The highest BCUT2D eigenvalue weighted by Gasteiger charge is 2.05. The summed E-state index contributed by atoms with van der Waals surface area (Å²) in [5, 5.41) is 9.84. The van der Waals surface area contributed by atoms with Gasteiger partial charge in [-0.1, -0.05) is 26.7 Å².